The third kappa shape index (κ3) is 3.32. The molecule has 7 heteroatoms. The van der Waals surface area contributed by atoms with Crippen LogP contribution in [0.3, 0.4) is 0 Å². The van der Waals surface area contributed by atoms with Gasteiger partial charge in [-0.2, -0.15) is 13.2 Å². The van der Waals surface area contributed by atoms with Crippen LogP contribution in [0.2, 0.25) is 0 Å². The summed E-state index contributed by atoms with van der Waals surface area (Å²) in [5, 5.41) is 0. The van der Waals surface area contributed by atoms with Gasteiger partial charge in [0, 0.05) is 17.7 Å². The number of nitrogens with zero attached hydrogens (tertiary/aromatic N) is 2. The SMILES string of the molecule is Nc1nc(CCOCC(F)(F)F)nc2c1CCC2. The maximum absolute atomic E-state index is 11.8. The fourth-order valence-electron chi connectivity index (χ4n) is 1.98. The Kier molecular flexibility index (Phi) is 3.70. The predicted molar refractivity (Wildman–Crippen MR) is 59.0 cm³/mol. The van der Waals surface area contributed by atoms with Crippen molar-refractivity contribution < 1.29 is 17.9 Å². The van der Waals surface area contributed by atoms with E-state index in [2.05, 4.69) is 14.7 Å². The molecule has 0 aromatic carbocycles. The summed E-state index contributed by atoms with van der Waals surface area (Å²) >= 11 is 0. The smallest absolute Gasteiger partial charge is 0.383 e. The molecule has 0 aliphatic heterocycles. The predicted octanol–water partition coefficient (Wildman–Crippen LogP) is 1.67. The highest BCUT2D eigenvalue weighted by molar-refractivity contribution is 5.44. The van der Waals surface area contributed by atoms with E-state index in [1.54, 1.807) is 0 Å². The Morgan fingerprint density at radius 1 is 1.22 bits per heavy atom. The molecule has 0 saturated carbocycles. The van der Waals surface area contributed by atoms with Gasteiger partial charge < -0.3 is 10.5 Å². The number of fused-ring (bicyclic) bond motifs is 1. The summed E-state index contributed by atoms with van der Waals surface area (Å²) in [7, 11) is 0. The number of hydrogen-bond acceptors (Lipinski definition) is 4. The van der Waals surface area contributed by atoms with Gasteiger partial charge in [-0.3, -0.25) is 0 Å². The van der Waals surface area contributed by atoms with Crippen molar-refractivity contribution in [2.45, 2.75) is 31.9 Å². The molecule has 0 saturated heterocycles. The molecule has 0 radical (unpaired) electrons. The molecule has 0 amide bonds. The van der Waals surface area contributed by atoms with Crippen LogP contribution in [0.25, 0.3) is 0 Å². The van der Waals surface area contributed by atoms with E-state index in [9.17, 15) is 13.2 Å². The van der Waals surface area contributed by atoms with Crippen molar-refractivity contribution in [3.8, 4) is 0 Å². The van der Waals surface area contributed by atoms with Crippen LogP contribution in [0, 0.1) is 0 Å². The third-order valence-corrected chi connectivity index (χ3v) is 2.75. The first-order chi connectivity index (χ1) is 8.46. The molecule has 4 nitrogen and oxygen atoms in total. The number of nitrogens with two attached hydrogens (primary N) is 1. The first-order valence-electron chi connectivity index (χ1n) is 5.74. The van der Waals surface area contributed by atoms with Crippen molar-refractivity contribution in [2.75, 3.05) is 18.9 Å². The van der Waals surface area contributed by atoms with E-state index in [0.29, 0.717) is 11.6 Å². The Balaban J connectivity index is 1.89. The lowest BCUT2D eigenvalue weighted by Crippen LogP contribution is -2.18. The summed E-state index contributed by atoms with van der Waals surface area (Å²) in [6.45, 7) is -1.30. The molecule has 1 heterocycles. The molecule has 0 unspecified atom stereocenters. The third-order valence-electron chi connectivity index (χ3n) is 2.75. The molecule has 2 rings (SSSR count). The number of halogens is 3. The average molecular weight is 261 g/mol. The zero-order valence-electron chi connectivity index (χ0n) is 9.76. The van der Waals surface area contributed by atoms with Crippen molar-refractivity contribution in [1.29, 1.82) is 0 Å². The summed E-state index contributed by atoms with van der Waals surface area (Å²) in [5.41, 5.74) is 7.68. The van der Waals surface area contributed by atoms with Crippen LogP contribution < -0.4 is 5.73 Å². The topological polar surface area (TPSA) is 61.0 Å². The van der Waals surface area contributed by atoms with Gasteiger partial charge in [-0.15, -0.1) is 0 Å². The fraction of sp³-hybridized carbons (Fsp3) is 0.636. The van der Waals surface area contributed by atoms with Crippen molar-refractivity contribution in [2.24, 2.45) is 0 Å². The van der Waals surface area contributed by atoms with Crippen LogP contribution in [-0.2, 0) is 24.0 Å². The summed E-state index contributed by atoms with van der Waals surface area (Å²) in [4.78, 5) is 8.38. The maximum atomic E-state index is 11.8. The molecule has 0 spiro atoms. The van der Waals surface area contributed by atoms with E-state index in [4.69, 9.17) is 5.73 Å². The molecule has 0 atom stereocenters. The lowest BCUT2D eigenvalue weighted by molar-refractivity contribution is -0.173. The quantitative estimate of drug-likeness (QED) is 0.837. The Bertz CT molecular complexity index is 434. The van der Waals surface area contributed by atoms with E-state index in [1.807, 2.05) is 0 Å². The van der Waals surface area contributed by atoms with Gasteiger partial charge in [-0.25, -0.2) is 9.97 Å². The Morgan fingerprint density at radius 2 is 2.00 bits per heavy atom. The first kappa shape index (κ1) is 13.1. The maximum Gasteiger partial charge on any atom is 0.411 e. The molecule has 1 aromatic heterocycles. The minimum atomic E-state index is -4.29. The highest BCUT2D eigenvalue weighted by atomic mass is 19.4. The Morgan fingerprint density at radius 3 is 2.72 bits per heavy atom. The van der Waals surface area contributed by atoms with Gasteiger partial charge in [0.15, 0.2) is 0 Å². The lowest BCUT2D eigenvalue weighted by atomic mass is 10.2. The zero-order chi connectivity index (χ0) is 13.2. The van der Waals surface area contributed by atoms with E-state index >= 15 is 0 Å². The minimum absolute atomic E-state index is 0.0578. The van der Waals surface area contributed by atoms with Gasteiger partial charge >= 0.3 is 6.18 Å². The molecular weight excluding hydrogens is 247 g/mol. The van der Waals surface area contributed by atoms with Gasteiger partial charge in [-0.1, -0.05) is 0 Å². The summed E-state index contributed by atoms with van der Waals surface area (Å²) in [5.74, 6) is 0.902. The number of alkyl halides is 3. The first-order valence-corrected chi connectivity index (χ1v) is 5.74. The number of aryl methyl sites for hydroxylation is 1. The summed E-state index contributed by atoms with van der Waals surface area (Å²) in [6.07, 6.45) is -1.31. The number of rotatable bonds is 4. The molecule has 1 aromatic rings. The second-order valence-corrected chi connectivity index (χ2v) is 4.22. The van der Waals surface area contributed by atoms with E-state index in [0.717, 1.165) is 30.5 Å². The molecule has 1 aliphatic rings. The molecular formula is C11H14F3N3O. The van der Waals surface area contributed by atoms with Gasteiger partial charge in [0.2, 0.25) is 0 Å². The number of aromatic nitrogens is 2. The molecule has 18 heavy (non-hydrogen) atoms. The van der Waals surface area contributed by atoms with Crippen LogP contribution in [0.15, 0.2) is 0 Å². The highest BCUT2D eigenvalue weighted by Crippen LogP contribution is 2.24. The number of anilines is 1. The van der Waals surface area contributed by atoms with Crippen molar-refractivity contribution in [3.05, 3.63) is 17.1 Å². The van der Waals surface area contributed by atoms with Crippen LogP contribution in [0.1, 0.15) is 23.5 Å². The van der Waals surface area contributed by atoms with Crippen LogP contribution in [0.5, 0.6) is 0 Å². The van der Waals surface area contributed by atoms with Crippen molar-refractivity contribution in [3.63, 3.8) is 0 Å². The van der Waals surface area contributed by atoms with Gasteiger partial charge in [0.1, 0.15) is 18.2 Å². The monoisotopic (exact) mass is 261 g/mol. The number of hydrogen-bond donors (Lipinski definition) is 1. The fourth-order valence-corrected chi connectivity index (χ4v) is 1.98. The van der Waals surface area contributed by atoms with Crippen molar-refractivity contribution >= 4 is 5.82 Å². The number of ether oxygens (including phenoxy) is 1. The minimum Gasteiger partial charge on any atom is -0.383 e. The second kappa shape index (κ2) is 5.09. The van der Waals surface area contributed by atoms with Crippen LogP contribution >= 0.6 is 0 Å². The molecule has 100 valence electrons. The molecule has 0 fully saturated rings. The lowest BCUT2D eigenvalue weighted by Gasteiger charge is -2.08. The van der Waals surface area contributed by atoms with Crippen molar-refractivity contribution in [1.82, 2.24) is 9.97 Å². The van der Waals surface area contributed by atoms with Gasteiger partial charge in [0.25, 0.3) is 0 Å². The number of nitrogen functional groups attached to an aromatic ring is 1. The Labute approximate surface area is 102 Å². The zero-order valence-corrected chi connectivity index (χ0v) is 9.76. The van der Waals surface area contributed by atoms with E-state index in [-0.39, 0.29) is 13.0 Å². The second-order valence-electron chi connectivity index (χ2n) is 4.22. The molecule has 1 aliphatic carbocycles. The Hall–Kier alpha value is -1.37. The standard InChI is InChI=1S/C11H14F3N3O/c12-11(13,14)6-18-5-4-9-16-8-3-1-2-7(8)10(15)17-9/h1-6H2,(H2,15,16,17). The van der Waals surface area contributed by atoms with Gasteiger partial charge in [-0.05, 0) is 19.3 Å². The molecule has 2 N–H and O–H groups in total. The van der Waals surface area contributed by atoms with Crippen LogP contribution in [-0.4, -0.2) is 29.4 Å². The normalized spacial score (nSPS) is 14.8. The average Bonchev–Trinajstić information content (AvgIpc) is 2.71. The van der Waals surface area contributed by atoms with Crippen LogP contribution in [0.4, 0.5) is 19.0 Å². The molecule has 0 bridgehead atoms. The van der Waals surface area contributed by atoms with E-state index < -0.39 is 12.8 Å². The summed E-state index contributed by atoms with van der Waals surface area (Å²) < 4.78 is 40.1. The van der Waals surface area contributed by atoms with E-state index in [1.165, 1.54) is 0 Å². The highest BCUT2D eigenvalue weighted by Gasteiger charge is 2.27. The largest absolute Gasteiger partial charge is 0.411 e. The summed E-state index contributed by atoms with van der Waals surface area (Å²) in [6, 6.07) is 0. The van der Waals surface area contributed by atoms with Gasteiger partial charge in [0.05, 0.1) is 6.61 Å².